The van der Waals surface area contributed by atoms with Crippen LogP contribution in [0.3, 0.4) is 0 Å². The molecular weight excluding hydrogens is 876 g/mol. The van der Waals surface area contributed by atoms with E-state index in [4.69, 9.17) is 4.74 Å². The molecule has 0 bridgehead atoms. The Balaban J connectivity index is 1.01. The molecule has 3 nitrogen and oxygen atoms in total. The Hall–Kier alpha value is -8.90. The number of nitrogens with zero attached hydrogens (tertiary/aromatic N) is 2. The molecule has 14 rings (SSSR count). The molecule has 11 aromatic carbocycles. The van der Waals surface area contributed by atoms with Crippen molar-refractivity contribution in [2.45, 2.75) is 0 Å². The second kappa shape index (κ2) is 16.7. The van der Waals surface area contributed by atoms with Crippen molar-refractivity contribution in [1.29, 1.82) is 0 Å². The first kappa shape index (κ1) is 41.1. The summed E-state index contributed by atoms with van der Waals surface area (Å²) in [5.41, 5.74) is 15.1. The van der Waals surface area contributed by atoms with E-state index in [1.807, 2.05) is 0 Å². The zero-order chi connectivity index (χ0) is 46.9. The van der Waals surface area contributed by atoms with E-state index in [0.717, 1.165) is 50.7 Å². The second-order valence-corrected chi connectivity index (χ2v) is 22.5. The minimum atomic E-state index is -2.81. The van der Waals surface area contributed by atoms with Gasteiger partial charge in [0.25, 0.3) is 0 Å². The van der Waals surface area contributed by atoms with Crippen molar-refractivity contribution in [3.8, 4) is 50.6 Å². The summed E-state index contributed by atoms with van der Waals surface area (Å²) in [6.07, 6.45) is 0. The summed E-state index contributed by atoms with van der Waals surface area (Å²) in [5.74, 6) is 1.76. The van der Waals surface area contributed by atoms with Gasteiger partial charge in [-0.3, -0.25) is 0 Å². The van der Waals surface area contributed by atoms with Crippen LogP contribution in [-0.2, 0) is 0 Å². The molecule has 0 radical (unpaired) electrons. The molecule has 0 unspecified atom stereocenters. The van der Waals surface area contributed by atoms with Gasteiger partial charge >= 0.3 is 6.85 Å². The van der Waals surface area contributed by atoms with Gasteiger partial charge in [0.2, 0.25) is 0 Å². The third kappa shape index (κ3) is 6.44. The molecule has 3 heterocycles. The molecular formula is C66H45BN2OSi. The lowest BCUT2D eigenvalue weighted by Crippen LogP contribution is -2.74. The Morgan fingerprint density at radius 2 is 0.887 bits per heavy atom. The lowest BCUT2D eigenvalue weighted by Gasteiger charge is -2.42. The first-order valence-corrected chi connectivity index (χ1v) is 26.5. The predicted molar refractivity (Wildman–Crippen MR) is 301 cm³/mol. The number of anilines is 2. The maximum absolute atomic E-state index is 7.13. The normalized spacial score (nSPS) is 12.6. The van der Waals surface area contributed by atoms with Crippen LogP contribution in [0.2, 0.25) is 0 Å². The predicted octanol–water partition coefficient (Wildman–Crippen LogP) is 12.5. The van der Waals surface area contributed by atoms with Crippen LogP contribution in [0.25, 0.3) is 60.9 Å². The van der Waals surface area contributed by atoms with Gasteiger partial charge in [0.1, 0.15) is 11.5 Å². The molecule has 0 fully saturated rings. The molecule has 2 aliphatic rings. The summed E-state index contributed by atoms with van der Waals surface area (Å²) < 4.78 is 9.57. The molecule has 1 aromatic heterocycles. The smallest absolute Gasteiger partial charge is 0.336 e. The minimum absolute atomic E-state index is 0.120. The fourth-order valence-corrected chi connectivity index (χ4v) is 16.8. The van der Waals surface area contributed by atoms with E-state index in [1.54, 1.807) is 0 Å². The quantitative estimate of drug-likeness (QED) is 0.112. The SMILES string of the molecule is c1ccc(N2B3c4ccccc4Oc4cc(-c5cccc([Si](c6ccccc6)(c6ccccc6)c6ccccc6)c5)cc(c43)-c3cc(-c4ccccc4-n4c5ccccc5c5ccccc54)ccc32)cc1. The molecule has 5 heteroatoms. The highest BCUT2D eigenvalue weighted by molar-refractivity contribution is 7.20. The van der Waals surface area contributed by atoms with Gasteiger partial charge in [-0.25, -0.2) is 0 Å². The molecule has 2 aliphatic heterocycles. The Bertz CT molecular complexity index is 3840. The van der Waals surface area contributed by atoms with Gasteiger partial charge in [-0.15, -0.1) is 0 Å². The topological polar surface area (TPSA) is 17.4 Å². The van der Waals surface area contributed by atoms with Crippen molar-refractivity contribution in [2.24, 2.45) is 0 Å². The molecule has 0 saturated carbocycles. The van der Waals surface area contributed by atoms with Crippen LogP contribution < -0.4 is 41.2 Å². The number of hydrogen-bond donors (Lipinski definition) is 0. The van der Waals surface area contributed by atoms with Gasteiger partial charge in [-0.1, -0.05) is 212 Å². The van der Waals surface area contributed by atoms with E-state index in [9.17, 15) is 0 Å². The summed E-state index contributed by atoms with van der Waals surface area (Å²) in [5, 5.41) is 7.87. The van der Waals surface area contributed by atoms with Crippen molar-refractivity contribution in [2.75, 3.05) is 4.81 Å². The number of hydrogen-bond acceptors (Lipinski definition) is 2. The molecule has 0 amide bonds. The standard InChI is InChI=1S/C66H45BN2OSi/c1-5-23-49(24-6-1)69-63-41-40-47(54-32-13-17-36-60(54)68-61-37-18-14-33-55(61)56-34-15-19-38-62(56)68)43-57(63)58-44-48(45-65-66(58)67(69)59-35-16-20-39-64(59)70-65)46-22-21-31-53(42-46)71(50-25-7-2-8-26-50,51-27-9-3-10-28-51)52-29-11-4-12-30-52/h1-45H. The Morgan fingerprint density at radius 1 is 0.338 bits per heavy atom. The van der Waals surface area contributed by atoms with Crippen LogP contribution in [-0.4, -0.2) is 19.5 Å². The van der Waals surface area contributed by atoms with E-state index < -0.39 is 8.07 Å². The first-order chi connectivity index (χ1) is 35.2. The number of aromatic nitrogens is 1. The van der Waals surface area contributed by atoms with Crippen LogP contribution in [0, 0.1) is 0 Å². The lowest BCUT2D eigenvalue weighted by atomic mass is 9.44. The van der Waals surface area contributed by atoms with E-state index in [0.29, 0.717) is 0 Å². The average molecular weight is 921 g/mol. The number of benzene rings is 11. The van der Waals surface area contributed by atoms with Gasteiger partial charge in [0.05, 0.1) is 16.7 Å². The zero-order valence-electron chi connectivity index (χ0n) is 38.9. The highest BCUT2D eigenvalue weighted by Gasteiger charge is 2.45. The number of rotatable bonds is 8. The average Bonchev–Trinajstić information content (AvgIpc) is 3.78. The van der Waals surface area contributed by atoms with Crippen molar-refractivity contribution < 1.29 is 4.74 Å². The Kier molecular flexibility index (Phi) is 9.65. The molecule has 0 N–H and O–H groups in total. The van der Waals surface area contributed by atoms with Gasteiger partial charge in [-0.05, 0) is 109 Å². The lowest BCUT2D eigenvalue weighted by molar-refractivity contribution is 0.487. The Labute approximate surface area is 415 Å². The first-order valence-electron chi connectivity index (χ1n) is 24.5. The molecule has 0 spiro atoms. The number of ether oxygens (including phenoxy) is 1. The Morgan fingerprint density at radius 3 is 1.56 bits per heavy atom. The highest BCUT2D eigenvalue weighted by atomic mass is 28.3. The van der Waals surface area contributed by atoms with Crippen LogP contribution in [0.4, 0.5) is 11.4 Å². The summed E-state index contributed by atoms with van der Waals surface area (Å²) in [6.45, 7) is -0.120. The molecule has 0 aliphatic carbocycles. The molecule has 332 valence electrons. The summed E-state index contributed by atoms with van der Waals surface area (Å²) in [7, 11) is -2.81. The maximum Gasteiger partial charge on any atom is 0.336 e. The van der Waals surface area contributed by atoms with E-state index in [-0.39, 0.29) is 6.85 Å². The molecule has 71 heavy (non-hydrogen) atoms. The monoisotopic (exact) mass is 920 g/mol. The van der Waals surface area contributed by atoms with Crippen LogP contribution >= 0.6 is 0 Å². The molecule has 12 aromatic rings. The van der Waals surface area contributed by atoms with E-state index in [1.165, 1.54) is 64.7 Å². The van der Waals surface area contributed by atoms with Crippen molar-refractivity contribution in [3.05, 3.63) is 273 Å². The van der Waals surface area contributed by atoms with E-state index >= 15 is 0 Å². The van der Waals surface area contributed by atoms with Crippen LogP contribution in [0.15, 0.2) is 273 Å². The van der Waals surface area contributed by atoms with Crippen LogP contribution in [0.5, 0.6) is 11.5 Å². The maximum atomic E-state index is 7.13. The van der Waals surface area contributed by atoms with Crippen LogP contribution in [0.1, 0.15) is 0 Å². The number of para-hydroxylation sites is 5. The highest BCUT2D eigenvalue weighted by Crippen LogP contribution is 2.47. The van der Waals surface area contributed by atoms with Gasteiger partial charge in [0.15, 0.2) is 8.07 Å². The van der Waals surface area contributed by atoms with Gasteiger partial charge < -0.3 is 14.1 Å². The molecule has 0 saturated heterocycles. The fraction of sp³-hybridized carbons (Fsp3) is 0. The minimum Gasteiger partial charge on any atom is -0.458 e. The van der Waals surface area contributed by atoms with Crippen molar-refractivity contribution in [1.82, 2.24) is 4.57 Å². The van der Waals surface area contributed by atoms with Crippen molar-refractivity contribution >= 4 is 79.8 Å². The number of fused-ring (bicyclic) bond motifs is 7. The van der Waals surface area contributed by atoms with E-state index in [2.05, 4.69) is 282 Å². The van der Waals surface area contributed by atoms with Gasteiger partial charge in [0, 0.05) is 38.7 Å². The summed E-state index contributed by atoms with van der Waals surface area (Å²) in [6, 6.07) is 101. The third-order valence-electron chi connectivity index (χ3n) is 15.0. The molecule has 0 atom stereocenters. The third-order valence-corrected chi connectivity index (χ3v) is 19.7. The fourth-order valence-electron chi connectivity index (χ4n) is 12.0. The second-order valence-electron chi connectivity index (χ2n) is 18.7. The van der Waals surface area contributed by atoms with Gasteiger partial charge in [-0.2, -0.15) is 0 Å². The summed E-state index contributed by atoms with van der Waals surface area (Å²) in [4.78, 5) is 2.53. The largest absolute Gasteiger partial charge is 0.458 e. The summed E-state index contributed by atoms with van der Waals surface area (Å²) >= 11 is 0. The van der Waals surface area contributed by atoms with Crippen molar-refractivity contribution in [3.63, 3.8) is 0 Å². The zero-order valence-corrected chi connectivity index (χ0v) is 39.9.